The fraction of sp³-hybridized carbons (Fsp3) is 0.500. The van der Waals surface area contributed by atoms with Crippen LogP contribution in [0.2, 0.25) is 0 Å². The van der Waals surface area contributed by atoms with Gasteiger partial charge in [0.15, 0.2) is 17.3 Å². The summed E-state index contributed by atoms with van der Waals surface area (Å²) in [6, 6.07) is 1.39. The predicted octanol–water partition coefficient (Wildman–Crippen LogP) is 2.54. The van der Waals surface area contributed by atoms with E-state index < -0.39 is 17.4 Å². The second kappa shape index (κ2) is 7.54. The van der Waals surface area contributed by atoms with Crippen LogP contribution in [0.25, 0.3) is 0 Å². The molecule has 0 bridgehead atoms. The molecule has 0 saturated heterocycles. The topological polar surface area (TPSA) is 67.8 Å². The van der Waals surface area contributed by atoms with Crippen LogP contribution in [0.1, 0.15) is 48.0 Å². The van der Waals surface area contributed by atoms with Crippen LogP contribution >= 0.6 is 0 Å². The summed E-state index contributed by atoms with van der Waals surface area (Å²) in [5.41, 5.74) is -1.04. The molecule has 0 atom stereocenters. The van der Waals surface area contributed by atoms with Crippen molar-refractivity contribution in [3.63, 3.8) is 0 Å². The third-order valence-corrected chi connectivity index (χ3v) is 4.22. The molecule has 0 radical (unpaired) electrons. The lowest BCUT2D eigenvalue weighted by molar-refractivity contribution is -0.0220. The number of benzene rings is 1. The van der Waals surface area contributed by atoms with E-state index in [-0.39, 0.29) is 29.2 Å². The van der Waals surface area contributed by atoms with E-state index in [4.69, 9.17) is 15.9 Å². The maximum absolute atomic E-state index is 14.6. The average Bonchev–Trinajstić information content (AvgIpc) is 2.56. The first-order valence-electron chi connectivity index (χ1n) is 7.90. The number of methoxy groups -OCH3 is 1. The number of ether oxygens (including phenoxy) is 2. The Kier molecular flexibility index (Phi) is 5.68. The van der Waals surface area contributed by atoms with Gasteiger partial charge < -0.3 is 19.9 Å². The molecule has 6 heteroatoms. The van der Waals surface area contributed by atoms with Gasteiger partial charge >= 0.3 is 0 Å². The minimum atomic E-state index is -1.25. The van der Waals surface area contributed by atoms with Crippen molar-refractivity contribution < 1.29 is 23.8 Å². The van der Waals surface area contributed by atoms with Crippen LogP contribution in [0.4, 0.5) is 4.39 Å². The Hall–Kier alpha value is -2.26. The van der Waals surface area contributed by atoms with E-state index in [1.807, 2.05) is 0 Å². The van der Waals surface area contributed by atoms with Crippen LogP contribution in [0.5, 0.6) is 11.5 Å². The molecule has 0 heterocycles. The monoisotopic (exact) mass is 335 g/mol. The van der Waals surface area contributed by atoms with Gasteiger partial charge in [0, 0.05) is 11.1 Å². The lowest BCUT2D eigenvalue weighted by atomic mass is 9.91. The third-order valence-electron chi connectivity index (χ3n) is 4.22. The van der Waals surface area contributed by atoms with Crippen molar-refractivity contribution in [1.29, 1.82) is 0 Å². The van der Waals surface area contributed by atoms with Gasteiger partial charge in [-0.1, -0.05) is 12.3 Å². The SMILES string of the molecule is C#CCOc1c(OC)cc(C(=O)NC2(O)CCCCC2)c(C)c1F. The molecule has 0 aromatic heterocycles. The number of nitrogens with one attached hydrogen (secondary N) is 1. The fourth-order valence-electron chi connectivity index (χ4n) is 2.88. The zero-order chi connectivity index (χ0) is 17.7. The molecule has 1 saturated carbocycles. The molecule has 1 aliphatic rings. The van der Waals surface area contributed by atoms with Gasteiger partial charge in [-0.3, -0.25) is 4.79 Å². The van der Waals surface area contributed by atoms with Gasteiger partial charge in [0.25, 0.3) is 5.91 Å². The molecule has 0 unspecified atom stereocenters. The van der Waals surface area contributed by atoms with E-state index in [0.717, 1.165) is 19.3 Å². The number of rotatable bonds is 5. The summed E-state index contributed by atoms with van der Waals surface area (Å²) < 4.78 is 24.8. The zero-order valence-electron chi connectivity index (χ0n) is 13.9. The van der Waals surface area contributed by atoms with Gasteiger partial charge in [-0.25, -0.2) is 4.39 Å². The molecule has 130 valence electrons. The Labute approximate surface area is 141 Å². The lowest BCUT2D eigenvalue weighted by Crippen LogP contribution is -2.49. The minimum Gasteiger partial charge on any atom is -0.493 e. The van der Waals surface area contributed by atoms with Gasteiger partial charge in [-0.05, 0) is 38.7 Å². The number of carbonyl (C=O) groups is 1. The van der Waals surface area contributed by atoms with Gasteiger partial charge in [-0.2, -0.15) is 0 Å². The molecule has 0 aliphatic heterocycles. The van der Waals surface area contributed by atoms with Crippen LogP contribution < -0.4 is 14.8 Å². The molecule has 5 nitrogen and oxygen atoms in total. The molecule has 2 N–H and O–H groups in total. The highest BCUT2D eigenvalue weighted by Crippen LogP contribution is 2.35. The van der Waals surface area contributed by atoms with Crippen LogP contribution in [0.3, 0.4) is 0 Å². The summed E-state index contributed by atoms with van der Waals surface area (Å²) in [6.07, 6.45) is 8.80. The predicted molar refractivity (Wildman–Crippen MR) is 87.5 cm³/mol. The molecule has 1 aliphatic carbocycles. The zero-order valence-corrected chi connectivity index (χ0v) is 13.9. The summed E-state index contributed by atoms with van der Waals surface area (Å²) >= 11 is 0. The first-order chi connectivity index (χ1) is 11.4. The van der Waals surface area contributed by atoms with Crippen molar-refractivity contribution in [2.24, 2.45) is 0 Å². The Balaban J connectivity index is 2.31. The highest BCUT2D eigenvalue weighted by molar-refractivity contribution is 5.96. The van der Waals surface area contributed by atoms with E-state index in [9.17, 15) is 14.3 Å². The van der Waals surface area contributed by atoms with E-state index in [2.05, 4.69) is 11.2 Å². The Morgan fingerprint density at radius 1 is 1.46 bits per heavy atom. The smallest absolute Gasteiger partial charge is 0.253 e. The second-order valence-corrected chi connectivity index (χ2v) is 5.93. The van der Waals surface area contributed by atoms with E-state index >= 15 is 0 Å². The maximum Gasteiger partial charge on any atom is 0.253 e. The molecular formula is C18H22FNO4. The number of halogens is 1. The highest BCUT2D eigenvalue weighted by atomic mass is 19.1. The average molecular weight is 335 g/mol. The lowest BCUT2D eigenvalue weighted by Gasteiger charge is -2.33. The Morgan fingerprint density at radius 2 is 2.12 bits per heavy atom. The summed E-state index contributed by atoms with van der Waals surface area (Å²) in [5.74, 6) is 0.960. The van der Waals surface area contributed by atoms with Crippen LogP contribution in [-0.4, -0.2) is 30.5 Å². The van der Waals surface area contributed by atoms with Crippen molar-refractivity contribution >= 4 is 5.91 Å². The van der Waals surface area contributed by atoms with Gasteiger partial charge in [0.2, 0.25) is 0 Å². The van der Waals surface area contributed by atoms with Crippen LogP contribution in [-0.2, 0) is 0 Å². The molecule has 1 fully saturated rings. The van der Waals surface area contributed by atoms with Crippen molar-refractivity contribution in [3.8, 4) is 23.8 Å². The quantitative estimate of drug-likeness (QED) is 0.641. The number of hydrogen-bond donors (Lipinski definition) is 2. The third kappa shape index (κ3) is 3.80. The fourth-order valence-corrected chi connectivity index (χ4v) is 2.88. The molecular weight excluding hydrogens is 313 g/mol. The van der Waals surface area contributed by atoms with Crippen molar-refractivity contribution in [3.05, 3.63) is 23.0 Å². The Bertz CT molecular complexity index is 660. The standard InChI is InChI=1S/C18H22FNO4/c1-4-10-24-16-14(23-3)11-13(12(2)15(16)19)17(21)20-18(22)8-6-5-7-9-18/h1,11,22H,5-10H2,2-3H3,(H,20,21). The van der Waals surface area contributed by atoms with Gasteiger partial charge in [0.05, 0.1) is 7.11 Å². The summed E-state index contributed by atoms with van der Waals surface area (Å²) in [6.45, 7) is 1.36. The van der Waals surface area contributed by atoms with Crippen molar-refractivity contribution in [2.45, 2.75) is 44.8 Å². The summed E-state index contributed by atoms with van der Waals surface area (Å²) in [7, 11) is 1.35. The number of carbonyl (C=O) groups excluding carboxylic acids is 1. The van der Waals surface area contributed by atoms with Crippen LogP contribution in [0.15, 0.2) is 6.07 Å². The Morgan fingerprint density at radius 3 is 2.71 bits per heavy atom. The van der Waals surface area contributed by atoms with Gasteiger partial charge in [0.1, 0.15) is 12.3 Å². The van der Waals surface area contributed by atoms with Crippen molar-refractivity contribution in [1.82, 2.24) is 5.32 Å². The van der Waals surface area contributed by atoms with Crippen molar-refractivity contribution in [2.75, 3.05) is 13.7 Å². The number of hydrogen-bond acceptors (Lipinski definition) is 4. The number of amides is 1. The largest absolute Gasteiger partial charge is 0.493 e. The minimum absolute atomic E-state index is 0.0779. The van der Waals surface area contributed by atoms with Crippen LogP contribution in [0, 0.1) is 25.1 Å². The van der Waals surface area contributed by atoms with E-state index in [1.165, 1.54) is 20.1 Å². The molecule has 1 amide bonds. The van der Waals surface area contributed by atoms with Gasteiger partial charge in [-0.15, -0.1) is 6.42 Å². The highest BCUT2D eigenvalue weighted by Gasteiger charge is 2.32. The first kappa shape index (κ1) is 18.1. The number of terminal acetylenes is 1. The molecule has 1 aromatic carbocycles. The van der Waals surface area contributed by atoms with E-state index in [1.54, 1.807) is 0 Å². The first-order valence-corrected chi connectivity index (χ1v) is 7.90. The summed E-state index contributed by atoms with van der Waals surface area (Å²) in [4.78, 5) is 12.5. The normalized spacial score (nSPS) is 16.1. The molecule has 0 spiro atoms. The maximum atomic E-state index is 14.6. The molecule has 1 aromatic rings. The second-order valence-electron chi connectivity index (χ2n) is 5.93. The number of aliphatic hydroxyl groups is 1. The summed E-state index contributed by atoms with van der Waals surface area (Å²) in [5, 5.41) is 13.1. The molecule has 24 heavy (non-hydrogen) atoms. The molecule has 2 rings (SSSR count). The van der Waals surface area contributed by atoms with E-state index in [0.29, 0.717) is 12.8 Å².